The molecule has 2 rings (SSSR count). The highest BCUT2D eigenvalue weighted by molar-refractivity contribution is 4.87. The molecule has 0 radical (unpaired) electrons. The first-order valence-corrected chi connectivity index (χ1v) is 6.83. The molecule has 0 amide bonds. The molecule has 100 valence electrons. The van der Waals surface area contributed by atoms with Crippen LogP contribution in [0.15, 0.2) is 0 Å². The summed E-state index contributed by atoms with van der Waals surface area (Å²) in [5.74, 6) is 0.680. The molecule has 1 N–H and O–H groups in total. The Morgan fingerprint density at radius 1 is 1.35 bits per heavy atom. The Morgan fingerprint density at radius 2 is 2.18 bits per heavy atom. The number of ether oxygens (including phenoxy) is 2. The second kappa shape index (κ2) is 6.14. The maximum Gasteiger partial charge on any atom is 0.0936 e. The van der Waals surface area contributed by atoms with Crippen molar-refractivity contribution >= 4 is 0 Å². The molecular weight excluding hydrogens is 216 g/mol. The van der Waals surface area contributed by atoms with Gasteiger partial charge in [-0.05, 0) is 12.8 Å². The average molecular weight is 242 g/mol. The van der Waals surface area contributed by atoms with E-state index in [-0.39, 0.29) is 6.10 Å². The average Bonchev–Trinajstić information content (AvgIpc) is 2.30. The topological polar surface area (TPSA) is 33.7 Å². The van der Waals surface area contributed by atoms with Crippen molar-refractivity contribution < 1.29 is 9.47 Å². The predicted molar refractivity (Wildman–Crippen MR) is 68.2 cm³/mol. The van der Waals surface area contributed by atoms with E-state index >= 15 is 0 Å². The van der Waals surface area contributed by atoms with Crippen LogP contribution in [0, 0.1) is 5.92 Å². The molecule has 3 unspecified atom stereocenters. The summed E-state index contributed by atoms with van der Waals surface area (Å²) in [6, 6.07) is 1.20. The van der Waals surface area contributed by atoms with E-state index in [1.165, 1.54) is 0 Å². The van der Waals surface area contributed by atoms with Crippen molar-refractivity contribution in [3.05, 3.63) is 0 Å². The SMILES string of the molecule is CC1CN(CC2COCCO2)C(C(C)C)CN1. The lowest BCUT2D eigenvalue weighted by Crippen LogP contribution is -2.59. The molecule has 2 aliphatic heterocycles. The fourth-order valence-electron chi connectivity index (χ4n) is 2.77. The minimum atomic E-state index is 0.260. The number of piperazine rings is 1. The predicted octanol–water partition coefficient (Wildman–Crippen LogP) is 0.720. The third-order valence-electron chi connectivity index (χ3n) is 3.75. The Kier molecular flexibility index (Phi) is 4.79. The molecule has 2 fully saturated rings. The summed E-state index contributed by atoms with van der Waals surface area (Å²) >= 11 is 0. The van der Waals surface area contributed by atoms with Gasteiger partial charge in [0.25, 0.3) is 0 Å². The van der Waals surface area contributed by atoms with Crippen molar-refractivity contribution in [2.45, 2.75) is 39.0 Å². The molecule has 2 aliphatic rings. The Hall–Kier alpha value is -0.160. The molecule has 0 aromatic carbocycles. The highest BCUT2D eigenvalue weighted by atomic mass is 16.6. The van der Waals surface area contributed by atoms with E-state index in [0.29, 0.717) is 18.0 Å². The van der Waals surface area contributed by atoms with Crippen LogP contribution in [0.5, 0.6) is 0 Å². The standard InChI is InChI=1S/C13H26N2O2/c1-10(2)13-6-14-11(3)7-15(13)8-12-9-16-4-5-17-12/h10-14H,4-9H2,1-3H3. The summed E-state index contributed by atoms with van der Waals surface area (Å²) in [7, 11) is 0. The molecule has 3 atom stereocenters. The summed E-state index contributed by atoms with van der Waals surface area (Å²) in [5.41, 5.74) is 0. The summed E-state index contributed by atoms with van der Waals surface area (Å²) < 4.78 is 11.2. The van der Waals surface area contributed by atoms with Crippen molar-refractivity contribution in [3.8, 4) is 0 Å². The number of hydrogen-bond donors (Lipinski definition) is 1. The van der Waals surface area contributed by atoms with Gasteiger partial charge < -0.3 is 14.8 Å². The normalized spacial score (nSPS) is 36.4. The van der Waals surface area contributed by atoms with Gasteiger partial charge in [0.1, 0.15) is 0 Å². The first-order chi connectivity index (χ1) is 8.16. The van der Waals surface area contributed by atoms with Crippen LogP contribution < -0.4 is 5.32 Å². The molecule has 0 saturated carbocycles. The molecule has 4 heteroatoms. The van der Waals surface area contributed by atoms with Crippen molar-refractivity contribution in [1.29, 1.82) is 0 Å². The maximum absolute atomic E-state index is 5.76. The van der Waals surface area contributed by atoms with Crippen LogP contribution in [-0.2, 0) is 9.47 Å². The first-order valence-electron chi connectivity index (χ1n) is 6.83. The molecule has 17 heavy (non-hydrogen) atoms. The minimum absolute atomic E-state index is 0.260. The van der Waals surface area contributed by atoms with Crippen molar-refractivity contribution in [2.24, 2.45) is 5.92 Å². The number of nitrogens with zero attached hydrogens (tertiary/aromatic N) is 1. The quantitative estimate of drug-likeness (QED) is 0.791. The number of rotatable bonds is 3. The Morgan fingerprint density at radius 3 is 2.82 bits per heavy atom. The minimum Gasteiger partial charge on any atom is -0.376 e. The number of nitrogens with one attached hydrogen (secondary N) is 1. The van der Waals surface area contributed by atoms with Crippen molar-refractivity contribution in [1.82, 2.24) is 10.2 Å². The van der Waals surface area contributed by atoms with Crippen LogP contribution in [0.1, 0.15) is 20.8 Å². The second-order valence-corrected chi connectivity index (χ2v) is 5.64. The van der Waals surface area contributed by atoms with Gasteiger partial charge >= 0.3 is 0 Å². The van der Waals surface area contributed by atoms with Crippen LogP contribution in [-0.4, -0.2) is 62.5 Å². The van der Waals surface area contributed by atoms with Crippen LogP contribution in [0.2, 0.25) is 0 Å². The van der Waals surface area contributed by atoms with Crippen LogP contribution in [0.4, 0.5) is 0 Å². The monoisotopic (exact) mass is 242 g/mol. The molecule has 4 nitrogen and oxygen atoms in total. The van der Waals surface area contributed by atoms with Gasteiger partial charge in [-0.2, -0.15) is 0 Å². The Bertz CT molecular complexity index is 229. The lowest BCUT2D eigenvalue weighted by atomic mass is 9.98. The Balaban J connectivity index is 1.89. The molecule has 0 bridgehead atoms. The van der Waals surface area contributed by atoms with E-state index in [0.717, 1.165) is 39.5 Å². The molecule has 0 spiro atoms. The van der Waals surface area contributed by atoms with Gasteiger partial charge in [-0.1, -0.05) is 13.8 Å². The largest absolute Gasteiger partial charge is 0.376 e. The maximum atomic E-state index is 5.76. The van der Waals surface area contributed by atoms with E-state index < -0.39 is 0 Å². The number of hydrogen-bond acceptors (Lipinski definition) is 4. The van der Waals surface area contributed by atoms with Crippen LogP contribution in [0.25, 0.3) is 0 Å². The van der Waals surface area contributed by atoms with Gasteiger partial charge in [0.05, 0.1) is 25.9 Å². The summed E-state index contributed by atoms with van der Waals surface area (Å²) in [6.45, 7) is 12.3. The van der Waals surface area contributed by atoms with Gasteiger partial charge in [0, 0.05) is 31.7 Å². The molecule has 2 heterocycles. The Labute approximate surface area is 105 Å². The van der Waals surface area contributed by atoms with Crippen molar-refractivity contribution in [3.63, 3.8) is 0 Å². The molecule has 0 aromatic rings. The third kappa shape index (κ3) is 3.65. The molecule has 2 saturated heterocycles. The van der Waals surface area contributed by atoms with E-state index in [1.54, 1.807) is 0 Å². The zero-order valence-electron chi connectivity index (χ0n) is 11.3. The van der Waals surface area contributed by atoms with E-state index in [9.17, 15) is 0 Å². The second-order valence-electron chi connectivity index (χ2n) is 5.64. The summed E-state index contributed by atoms with van der Waals surface area (Å²) in [6.07, 6.45) is 0.260. The lowest BCUT2D eigenvalue weighted by molar-refractivity contribution is -0.104. The van der Waals surface area contributed by atoms with Gasteiger partial charge in [-0.25, -0.2) is 0 Å². The van der Waals surface area contributed by atoms with Gasteiger partial charge in [0.2, 0.25) is 0 Å². The smallest absolute Gasteiger partial charge is 0.0936 e. The molecule has 0 aromatic heterocycles. The zero-order valence-corrected chi connectivity index (χ0v) is 11.3. The fraction of sp³-hybridized carbons (Fsp3) is 1.00. The van der Waals surface area contributed by atoms with E-state index in [2.05, 4.69) is 31.0 Å². The third-order valence-corrected chi connectivity index (χ3v) is 3.75. The highest BCUT2D eigenvalue weighted by Crippen LogP contribution is 2.16. The first kappa shape index (κ1) is 13.3. The van der Waals surface area contributed by atoms with E-state index in [1.807, 2.05) is 0 Å². The zero-order chi connectivity index (χ0) is 12.3. The highest BCUT2D eigenvalue weighted by Gasteiger charge is 2.30. The fourth-order valence-corrected chi connectivity index (χ4v) is 2.77. The van der Waals surface area contributed by atoms with Gasteiger partial charge in [-0.3, -0.25) is 4.90 Å². The summed E-state index contributed by atoms with van der Waals surface area (Å²) in [4.78, 5) is 2.57. The lowest BCUT2D eigenvalue weighted by Gasteiger charge is -2.43. The summed E-state index contributed by atoms with van der Waals surface area (Å²) in [5, 5.41) is 3.57. The van der Waals surface area contributed by atoms with Crippen LogP contribution >= 0.6 is 0 Å². The van der Waals surface area contributed by atoms with E-state index in [4.69, 9.17) is 9.47 Å². The van der Waals surface area contributed by atoms with Crippen molar-refractivity contribution in [2.75, 3.05) is 39.5 Å². The molecule has 0 aliphatic carbocycles. The van der Waals surface area contributed by atoms with Crippen LogP contribution in [0.3, 0.4) is 0 Å². The van der Waals surface area contributed by atoms with Gasteiger partial charge in [-0.15, -0.1) is 0 Å². The van der Waals surface area contributed by atoms with Gasteiger partial charge in [0.15, 0.2) is 0 Å². The molecular formula is C13H26N2O2.